The molecule has 0 rings (SSSR count). The molecule has 1 unspecified atom stereocenters. The largest absolute Gasteiger partial charge is 0.462 e. The third-order valence-electron chi connectivity index (χ3n) is 9.32. The van der Waals surface area contributed by atoms with Crippen molar-refractivity contribution in [2.75, 3.05) is 13.2 Å². The van der Waals surface area contributed by atoms with Gasteiger partial charge in [0.2, 0.25) is 0 Å². The molecule has 0 aromatic rings. The van der Waals surface area contributed by atoms with Gasteiger partial charge >= 0.3 is 17.9 Å². The van der Waals surface area contributed by atoms with E-state index >= 15 is 0 Å². The number of unbranched alkanes of at least 4 members (excludes halogenated alkanes) is 14. The van der Waals surface area contributed by atoms with E-state index in [9.17, 15) is 14.4 Å². The molecule has 1 atom stereocenters. The Bertz CT molecular complexity index is 1200. The highest BCUT2D eigenvalue weighted by Gasteiger charge is 2.19. The van der Waals surface area contributed by atoms with Gasteiger partial charge in [-0.25, -0.2) is 0 Å². The summed E-state index contributed by atoms with van der Waals surface area (Å²) in [6.45, 7) is 6.33. The number of esters is 3. The Labute approximate surface area is 356 Å². The molecule has 0 aromatic carbocycles. The van der Waals surface area contributed by atoms with E-state index in [1.54, 1.807) is 0 Å². The second-order valence-corrected chi connectivity index (χ2v) is 14.9. The third-order valence-corrected chi connectivity index (χ3v) is 9.32. The molecule has 0 bridgehead atoms. The molecule has 0 amide bonds. The van der Waals surface area contributed by atoms with Gasteiger partial charge in [-0.3, -0.25) is 14.4 Å². The van der Waals surface area contributed by atoms with Crippen LogP contribution in [0.4, 0.5) is 0 Å². The van der Waals surface area contributed by atoms with Gasteiger partial charge in [0.25, 0.3) is 0 Å². The Morgan fingerprint density at radius 2 is 0.759 bits per heavy atom. The van der Waals surface area contributed by atoms with E-state index < -0.39 is 6.10 Å². The van der Waals surface area contributed by atoms with Crippen LogP contribution in [0.3, 0.4) is 0 Å². The molecule has 0 spiro atoms. The van der Waals surface area contributed by atoms with Gasteiger partial charge in [0, 0.05) is 19.3 Å². The number of hydrogen-bond acceptors (Lipinski definition) is 6. The number of rotatable bonds is 40. The lowest BCUT2D eigenvalue weighted by Gasteiger charge is -2.18. The van der Waals surface area contributed by atoms with Crippen molar-refractivity contribution in [2.45, 2.75) is 200 Å². The summed E-state index contributed by atoms with van der Waals surface area (Å²) in [6, 6.07) is 0. The molecule has 0 radical (unpaired) electrons. The number of hydrogen-bond donors (Lipinski definition) is 0. The molecule has 0 saturated carbocycles. The van der Waals surface area contributed by atoms with Crippen LogP contribution in [0.2, 0.25) is 0 Å². The molecule has 328 valence electrons. The normalized spacial score (nSPS) is 12.9. The van der Waals surface area contributed by atoms with Crippen LogP contribution < -0.4 is 0 Å². The molecular formula is C52H84O6. The van der Waals surface area contributed by atoms with Crippen molar-refractivity contribution in [1.82, 2.24) is 0 Å². The molecule has 0 aliphatic heterocycles. The third kappa shape index (κ3) is 43.5. The first-order valence-electron chi connectivity index (χ1n) is 23.3. The van der Waals surface area contributed by atoms with Gasteiger partial charge in [0.15, 0.2) is 6.10 Å². The Morgan fingerprint density at radius 1 is 0.379 bits per heavy atom. The predicted octanol–water partition coefficient (Wildman–Crippen LogP) is 15.0. The van der Waals surface area contributed by atoms with E-state index in [0.717, 1.165) is 103 Å². The number of carbonyl (C=O) groups is 3. The fourth-order valence-electron chi connectivity index (χ4n) is 5.80. The highest BCUT2D eigenvalue weighted by atomic mass is 16.6. The molecule has 6 nitrogen and oxygen atoms in total. The molecule has 0 aliphatic carbocycles. The summed E-state index contributed by atoms with van der Waals surface area (Å²) >= 11 is 0. The smallest absolute Gasteiger partial charge is 0.306 e. The Morgan fingerprint density at radius 3 is 1.31 bits per heavy atom. The quantitative estimate of drug-likeness (QED) is 0.0202. The molecule has 0 heterocycles. The van der Waals surface area contributed by atoms with Crippen molar-refractivity contribution >= 4 is 17.9 Å². The first kappa shape index (κ1) is 54.3. The van der Waals surface area contributed by atoms with Crippen molar-refractivity contribution in [1.29, 1.82) is 0 Å². The van der Waals surface area contributed by atoms with Crippen LogP contribution >= 0.6 is 0 Å². The minimum Gasteiger partial charge on any atom is -0.462 e. The van der Waals surface area contributed by atoms with Gasteiger partial charge in [-0.2, -0.15) is 0 Å². The first-order chi connectivity index (χ1) is 28.5. The van der Waals surface area contributed by atoms with Crippen LogP contribution in [0.15, 0.2) is 97.2 Å². The first-order valence-corrected chi connectivity index (χ1v) is 23.3. The molecule has 0 aromatic heterocycles. The number of carbonyl (C=O) groups excluding carboxylic acids is 3. The highest BCUT2D eigenvalue weighted by molar-refractivity contribution is 5.71. The van der Waals surface area contributed by atoms with E-state index in [1.165, 1.54) is 44.9 Å². The second-order valence-electron chi connectivity index (χ2n) is 14.9. The van der Waals surface area contributed by atoms with Gasteiger partial charge in [0.05, 0.1) is 0 Å². The lowest BCUT2D eigenvalue weighted by atomic mass is 10.1. The zero-order valence-electron chi connectivity index (χ0n) is 37.3. The Balaban J connectivity index is 4.53. The average molecular weight is 805 g/mol. The van der Waals surface area contributed by atoms with Gasteiger partial charge in [-0.05, 0) is 103 Å². The topological polar surface area (TPSA) is 78.9 Å². The van der Waals surface area contributed by atoms with Crippen LogP contribution in [0.25, 0.3) is 0 Å². The monoisotopic (exact) mass is 805 g/mol. The minimum absolute atomic E-state index is 0.114. The van der Waals surface area contributed by atoms with E-state index in [0.29, 0.717) is 19.3 Å². The lowest BCUT2D eigenvalue weighted by Crippen LogP contribution is -2.30. The SMILES string of the molecule is CC/C=C\C/C=C\C/C=C\C/C=C\C/C=C\CCCC(=O)OCC(COC(=O)CCCCC/C=C\C=C/CCCC)OC(=O)CCCCCCC/C=C\CCCCC. The summed E-state index contributed by atoms with van der Waals surface area (Å²) in [5.74, 6) is -1.02. The maximum Gasteiger partial charge on any atom is 0.306 e. The molecule has 0 N–H and O–H groups in total. The second kappa shape index (κ2) is 46.0. The number of ether oxygens (including phenoxy) is 3. The Kier molecular flexibility index (Phi) is 43.1. The molecule has 6 heteroatoms. The van der Waals surface area contributed by atoms with E-state index in [-0.39, 0.29) is 37.5 Å². The minimum atomic E-state index is -0.814. The van der Waals surface area contributed by atoms with E-state index in [1.807, 2.05) is 0 Å². The number of allylic oxidation sites excluding steroid dienone is 16. The molecule has 0 fully saturated rings. The summed E-state index contributed by atoms with van der Waals surface area (Å²) in [7, 11) is 0. The fourth-order valence-corrected chi connectivity index (χ4v) is 5.80. The van der Waals surface area contributed by atoms with Gasteiger partial charge in [-0.15, -0.1) is 0 Å². The average Bonchev–Trinajstić information content (AvgIpc) is 3.22. The summed E-state index contributed by atoms with van der Waals surface area (Å²) in [5.41, 5.74) is 0. The van der Waals surface area contributed by atoms with Crippen molar-refractivity contribution in [3.05, 3.63) is 97.2 Å². The van der Waals surface area contributed by atoms with Crippen molar-refractivity contribution in [3.63, 3.8) is 0 Å². The van der Waals surface area contributed by atoms with E-state index in [2.05, 4.69) is 118 Å². The van der Waals surface area contributed by atoms with Gasteiger partial charge < -0.3 is 14.2 Å². The molecule has 0 aliphatic rings. The molecule has 58 heavy (non-hydrogen) atoms. The summed E-state index contributed by atoms with van der Waals surface area (Å²) in [5, 5.41) is 0. The van der Waals surface area contributed by atoms with Crippen molar-refractivity contribution in [2.24, 2.45) is 0 Å². The van der Waals surface area contributed by atoms with Crippen LogP contribution in [-0.2, 0) is 28.6 Å². The van der Waals surface area contributed by atoms with Crippen LogP contribution in [-0.4, -0.2) is 37.2 Å². The summed E-state index contributed by atoms with van der Waals surface area (Å²) < 4.78 is 16.6. The van der Waals surface area contributed by atoms with Crippen LogP contribution in [0, 0.1) is 0 Å². The summed E-state index contributed by atoms with van der Waals surface area (Å²) in [4.78, 5) is 37.7. The molecule has 0 saturated heterocycles. The van der Waals surface area contributed by atoms with Gasteiger partial charge in [0.1, 0.15) is 13.2 Å². The zero-order chi connectivity index (χ0) is 42.3. The summed E-state index contributed by atoms with van der Waals surface area (Å²) in [6.07, 6.45) is 59.7. The van der Waals surface area contributed by atoms with Crippen molar-refractivity contribution < 1.29 is 28.6 Å². The van der Waals surface area contributed by atoms with Crippen LogP contribution in [0.1, 0.15) is 194 Å². The molecular weight excluding hydrogens is 721 g/mol. The predicted molar refractivity (Wildman–Crippen MR) is 247 cm³/mol. The zero-order valence-corrected chi connectivity index (χ0v) is 37.3. The highest BCUT2D eigenvalue weighted by Crippen LogP contribution is 2.12. The van der Waals surface area contributed by atoms with E-state index in [4.69, 9.17) is 14.2 Å². The standard InChI is InChI=1S/C52H84O6/c1-4-7-10-13-16-19-22-24-25-26-27-28-31-33-36-39-42-45-51(54)57-48-49(47-56-50(53)44-41-38-35-32-29-21-18-15-12-9-6-3)58-52(55)46-43-40-37-34-30-23-20-17-14-11-8-5-2/h7,10,15-21,24-25,27-29,33,36,49H,4-6,8-9,11-14,22-23,26,30-32,34-35,37-48H2,1-3H3/b10-7-,18-15-,19-16-,20-17-,25-24-,28-27-,29-21-,36-33-. The van der Waals surface area contributed by atoms with Crippen molar-refractivity contribution in [3.8, 4) is 0 Å². The fraction of sp³-hybridized carbons (Fsp3) is 0.635. The van der Waals surface area contributed by atoms with Crippen LogP contribution in [0.5, 0.6) is 0 Å². The maximum absolute atomic E-state index is 12.7. The maximum atomic E-state index is 12.7. The lowest BCUT2D eigenvalue weighted by molar-refractivity contribution is -0.167. The van der Waals surface area contributed by atoms with Gasteiger partial charge in [-0.1, -0.05) is 169 Å². The Hall–Kier alpha value is -3.67.